The summed E-state index contributed by atoms with van der Waals surface area (Å²) in [6.07, 6.45) is 9.68. The molecule has 0 unspecified atom stereocenters. The molecule has 24 heavy (non-hydrogen) atoms. The van der Waals surface area contributed by atoms with E-state index in [-0.39, 0.29) is 6.04 Å². The molecule has 2 atom stereocenters. The van der Waals surface area contributed by atoms with Crippen LogP contribution in [0.1, 0.15) is 37.8 Å². The van der Waals surface area contributed by atoms with E-state index in [0.29, 0.717) is 6.04 Å². The fraction of sp³-hybridized carbons (Fsp3) is 0.450. The number of aromatic nitrogens is 2. The molecule has 0 amide bonds. The van der Waals surface area contributed by atoms with Gasteiger partial charge >= 0.3 is 0 Å². The fourth-order valence-corrected chi connectivity index (χ4v) is 3.65. The van der Waals surface area contributed by atoms with Gasteiger partial charge in [-0.25, -0.2) is 0 Å². The maximum Gasteiger partial charge on any atom is 0.0568 e. The van der Waals surface area contributed by atoms with E-state index in [0.717, 1.165) is 31.6 Å². The van der Waals surface area contributed by atoms with E-state index in [1.54, 1.807) is 0 Å². The topological polar surface area (TPSA) is 47.1 Å². The molecular formula is C20H28N4. The number of hydrogen-bond donors (Lipinski definition) is 1. The summed E-state index contributed by atoms with van der Waals surface area (Å²) in [5.41, 5.74) is 10.2. The molecule has 2 N–H and O–H groups in total. The van der Waals surface area contributed by atoms with Gasteiger partial charge in [0.15, 0.2) is 0 Å². The number of piperidine rings is 1. The summed E-state index contributed by atoms with van der Waals surface area (Å²) in [5, 5.41) is 4.38. The normalized spacial score (nSPS) is 20.0. The highest BCUT2D eigenvalue weighted by Gasteiger charge is 2.28. The summed E-state index contributed by atoms with van der Waals surface area (Å²) in [6.45, 7) is 8.91. The Kier molecular flexibility index (Phi) is 5.48. The average molecular weight is 324 g/mol. The van der Waals surface area contributed by atoms with Crippen molar-refractivity contribution in [1.29, 1.82) is 0 Å². The minimum atomic E-state index is 0.0337. The Balaban J connectivity index is 1.83. The van der Waals surface area contributed by atoms with Crippen LogP contribution in [0.2, 0.25) is 0 Å². The van der Waals surface area contributed by atoms with Crippen LogP contribution in [0.3, 0.4) is 0 Å². The molecule has 0 saturated carbocycles. The van der Waals surface area contributed by atoms with E-state index >= 15 is 0 Å². The lowest BCUT2D eigenvalue weighted by molar-refractivity contribution is 0.141. The number of benzene rings is 1. The lowest BCUT2D eigenvalue weighted by atomic mass is 9.90. The monoisotopic (exact) mass is 324 g/mol. The summed E-state index contributed by atoms with van der Waals surface area (Å²) in [7, 11) is 0. The third kappa shape index (κ3) is 3.60. The number of nitrogens with zero attached hydrogens (tertiary/aromatic N) is 3. The van der Waals surface area contributed by atoms with Crippen LogP contribution in [0.15, 0.2) is 49.3 Å². The molecule has 4 heteroatoms. The first kappa shape index (κ1) is 16.9. The second-order valence-corrected chi connectivity index (χ2v) is 6.58. The van der Waals surface area contributed by atoms with Crippen molar-refractivity contribution < 1.29 is 0 Å². The number of nitrogens with two attached hydrogens (primary N) is 1. The smallest absolute Gasteiger partial charge is 0.0568 e. The highest BCUT2D eigenvalue weighted by atomic mass is 15.3. The Bertz CT molecular complexity index is 676. The van der Waals surface area contributed by atoms with E-state index in [1.165, 1.54) is 24.0 Å². The Labute approximate surface area is 145 Å². The van der Waals surface area contributed by atoms with Crippen molar-refractivity contribution in [2.24, 2.45) is 5.73 Å². The molecular weight excluding hydrogens is 296 g/mol. The van der Waals surface area contributed by atoms with Gasteiger partial charge in [-0.2, -0.15) is 5.10 Å². The molecule has 0 aliphatic carbocycles. The molecule has 1 saturated heterocycles. The zero-order chi connectivity index (χ0) is 16.9. The predicted molar refractivity (Wildman–Crippen MR) is 99.7 cm³/mol. The van der Waals surface area contributed by atoms with Crippen LogP contribution < -0.4 is 5.73 Å². The van der Waals surface area contributed by atoms with Gasteiger partial charge in [0.2, 0.25) is 0 Å². The van der Waals surface area contributed by atoms with Crippen molar-refractivity contribution in [2.75, 3.05) is 13.1 Å². The maximum absolute atomic E-state index is 6.67. The van der Waals surface area contributed by atoms with Gasteiger partial charge in [-0.05, 0) is 43.5 Å². The first-order valence-corrected chi connectivity index (χ1v) is 8.96. The van der Waals surface area contributed by atoms with E-state index in [2.05, 4.69) is 54.0 Å². The molecule has 128 valence electrons. The second-order valence-electron chi connectivity index (χ2n) is 6.58. The molecule has 1 aromatic carbocycles. The van der Waals surface area contributed by atoms with E-state index in [4.69, 9.17) is 5.73 Å². The third-order valence-electron chi connectivity index (χ3n) is 5.00. The van der Waals surface area contributed by atoms with Crippen LogP contribution in [0.4, 0.5) is 0 Å². The number of aryl methyl sites for hydroxylation is 1. The molecule has 0 radical (unpaired) electrons. The lowest BCUT2D eigenvalue weighted by Gasteiger charge is -2.38. The van der Waals surface area contributed by atoms with E-state index in [1.807, 2.05) is 17.0 Å². The van der Waals surface area contributed by atoms with Gasteiger partial charge in [0.25, 0.3) is 0 Å². The van der Waals surface area contributed by atoms with Crippen LogP contribution in [0.25, 0.3) is 11.1 Å². The molecule has 1 aliphatic heterocycles. The summed E-state index contributed by atoms with van der Waals surface area (Å²) in [5.74, 6) is 0. The lowest BCUT2D eigenvalue weighted by Crippen LogP contribution is -2.45. The zero-order valence-electron chi connectivity index (χ0n) is 14.6. The fourth-order valence-electron chi connectivity index (χ4n) is 3.65. The van der Waals surface area contributed by atoms with Gasteiger partial charge in [-0.1, -0.05) is 30.7 Å². The molecule has 0 spiro atoms. The van der Waals surface area contributed by atoms with Gasteiger partial charge in [0.05, 0.1) is 6.20 Å². The SMILES string of the molecule is C=CCN1CCCC[C@H]1[C@@H](N)c1cccc(-c2cnn(CC)c2)c1. The highest BCUT2D eigenvalue weighted by molar-refractivity contribution is 5.62. The number of hydrogen-bond acceptors (Lipinski definition) is 3. The molecule has 3 rings (SSSR count). The van der Waals surface area contributed by atoms with Crippen LogP contribution in [0, 0.1) is 0 Å². The van der Waals surface area contributed by atoms with Crippen LogP contribution in [-0.4, -0.2) is 33.8 Å². The van der Waals surface area contributed by atoms with Crippen molar-refractivity contribution in [2.45, 2.75) is 44.8 Å². The Hall–Kier alpha value is -1.91. The summed E-state index contributed by atoms with van der Waals surface area (Å²) in [4.78, 5) is 2.48. The van der Waals surface area contributed by atoms with Gasteiger partial charge in [0.1, 0.15) is 0 Å². The molecule has 4 nitrogen and oxygen atoms in total. The van der Waals surface area contributed by atoms with E-state index in [9.17, 15) is 0 Å². The van der Waals surface area contributed by atoms with Crippen molar-refractivity contribution in [3.8, 4) is 11.1 Å². The number of rotatable bonds is 6. The summed E-state index contributed by atoms with van der Waals surface area (Å²) in [6, 6.07) is 9.04. The molecule has 1 aromatic heterocycles. The first-order chi connectivity index (χ1) is 11.7. The van der Waals surface area contributed by atoms with Gasteiger partial charge in [-0.3, -0.25) is 9.58 Å². The average Bonchev–Trinajstić information content (AvgIpc) is 3.11. The number of likely N-dealkylation sites (tertiary alicyclic amines) is 1. The Morgan fingerprint density at radius 1 is 1.38 bits per heavy atom. The van der Waals surface area contributed by atoms with E-state index < -0.39 is 0 Å². The quantitative estimate of drug-likeness (QED) is 0.826. The third-order valence-corrected chi connectivity index (χ3v) is 5.00. The molecule has 1 fully saturated rings. The summed E-state index contributed by atoms with van der Waals surface area (Å²) < 4.78 is 1.95. The molecule has 2 heterocycles. The van der Waals surface area contributed by atoms with Crippen LogP contribution >= 0.6 is 0 Å². The second kappa shape index (κ2) is 7.77. The predicted octanol–water partition coefficient (Wildman–Crippen LogP) is 3.61. The Morgan fingerprint density at radius 2 is 2.25 bits per heavy atom. The minimum Gasteiger partial charge on any atom is -0.323 e. The van der Waals surface area contributed by atoms with Gasteiger partial charge < -0.3 is 5.73 Å². The zero-order valence-corrected chi connectivity index (χ0v) is 14.6. The highest BCUT2D eigenvalue weighted by Crippen LogP contribution is 2.29. The Morgan fingerprint density at radius 3 is 3.00 bits per heavy atom. The van der Waals surface area contributed by atoms with Gasteiger partial charge in [-0.15, -0.1) is 6.58 Å². The van der Waals surface area contributed by atoms with Crippen LogP contribution in [-0.2, 0) is 6.54 Å². The first-order valence-electron chi connectivity index (χ1n) is 8.96. The van der Waals surface area contributed by atoms with Crippen molar-refractivity contribution in [3.05, 3.63) is 54.9 Å². The molecule has 2 aromatic rings. The largest absolute Gasteiger partial charge is 0.323 e. The van der Waals surface area contributed by atoms with Crippen molar-refractivity contribution in [3.63, 3.8) is 0 Å². The summed E-state index contributed by atoms with van der Waals surface area (Å²) >= 11 is 0. The molecule has 0 bridgehead atoms. The maximum atomic E-state index is 6.67. The minimum absolute atomic E-state index is 0.0337. The van der Waals surface area contributed by atoms with Crippen molar-refractivity contribution in [1.82, 2.24) is 14.7 Å². The standard InChI is InChI=1S/C20H28N4/c1-3-11-23-12-6-5-10-19(23)20(21)17-9-7-8-16(13-17)18-14-22-24(4-2)15-18/h3,7-9,13-15,19-20H,1,4-6,10-12,21H2,2H3/t19-,20-/m0/s1. The van der Waals surface area contributed by atoms with Crippen molar-refractivity contribution >= 4 is 0 Å². The molecule has 1 aliphatic rings. The van der Waals surface area contributed by atoms with Gasteiger partial charge in [0, 0.05) is 36.9 Å². The van der Waals surface area contributed by atoms with Crippen LogP contribution in [0.5, 0.6) is 0 Å².